The molecule has 1 amide bonds. The number of hydrazine groups is 1. The molecule has 1 aliphatic heterocycles. The highest BCUT2D eigenvalue weighted by atomic mass is 16.5. The summed E-state index contributed by atoms with van der Waals surface area (Å²) < 4.78 is 4.38. The number of nitrogens with zero attached hydrogens (tertiary/aromatic N) is 1. The number of carbonyl (C=O) groups is 2. The minimum Gasteiger partial charge on any atom is -0.468 e. The Hall–Kier alpha value is -1.18. The first-order valence-electron chi connectivity index (χ1n) is 4.75. The minimum absolute atomic E-state index is 0.684. The van der Waals surface area contributed by atoms with E-state index in [1.54, 1.807) is 20.8 Å². The van der Waals surface area contributed by atoms with Crippen molar-refractivity contribution in [2.75, 3.05) is 7.11 Å². The molecule has 1 unspecified atom stereocenters. The topological polar surface area (TPSA) is 99.1 Å². The van der Waals surface area contributed by atoms with Gasteiger partial charge in [0.2, 0.25) is 0 Å². The first kappa shape index (κ1) is 12.9. The molecule has 92 valence electrons. The van der Waals surface area contributed by atoms with Gasteiger partial charge in [0.05, 0.1) is 12.6 Å². The zero-order valence-corrected chi connectivity index (χ0v) is 9.64. The Kier molecular flexibility index (Phi) is 2.97. The van der Waals surface area contributed by atoms with E-state index >= 15 is 0 Å². The summed E-state index contributed by atoms with van der Waals surface area (Å²) >= 11 is 0. The molecular weight excluding hydrogens is 216 g/mol. The highest BCUT2D eigenvalue weighted by molar-refractivity contribution is 5.94. The van der Waals surface area contributed by atoms with Crippen LogP contribution in [0.15, 0.2) is 0 Å². The van der Waals surface area contributed by atoms with Crippen LogP contribution in [0, 0.1) is 0 Å². The van der Waals surface area contributed by atoms with E-state index in [0.29, 0.717) is 0 Å². The van der Waals surface area contributed by atoms with Gasteiger partial charge in [-0.25, -0.2) is 5.43 Å². The van der Waals surface area contributed by atoms with E-state index in [9.17, 15) is 19.8 Å². The molecule has 0 radical (unpaired) electrons. The van der Waals surface area contributed by atoms with Crippen molar-refractivity contribution in [1.29, 1.82) is 0 Å². The number of esters is 1. The summed E-state index contributed by atoms with van der Waals surface area (Å²) in [7, 11) is 1.10. The van der Waals surface area contributed by atoms with Gasteiger partial charge in [0.25, 0.3) is 11.7 Å². The first-order chi connectivity index (χ1) is 7.12. The molecule has 7 nitrogen and oxygen atoms in total. The Morgan fingerprint density at radius 2 is 2.00 bits per heavy atom. The standard InChI is InChI=1S/C9H16N2O5/c1-8(2,3)11-7(13)9(14,15)5(10-11)6(12)16-4/h5,10,14-15H,1-4H3. The Labute approximate surface area is 93.0 Å². The summed E-state index contributed by atoms with van der Waals surface area (Å²) in [5, 5.41) is 20.1. The number of hydrogen-bond acceptors (Lipinski definition) is 6. The number of amides is 1. The average Bonchev–Trinajstić information content (AvgIpc) is 2.37. The lowest BCUT2D eigenvalue weighted by Gasteiger charge is -2.31. The molecule has 1 heterocycles. The maximum absolute atomic E-state index is 11.7. The molecule has 1 fully saturated rings. The van der Waals surface area contributed by atoms with E-state index in [2.05, 4.69) is 10.2 Å². The monoisotopic (exact) mass is 232 g/mol. The molecule has 0 aromatic rings. The van der Waals surface area contributed by atoms with Crippen molar-refractivity contribution < 1.29 is 24.5 Å². The third-order valence-corrected chi connectivity index (χ3v) is 2.29. The molecule has 1 atom stereocenters. The molecule has 0 aromatic heterocycles. The summed E-state index contributed by atoms with van der Waals surface area (Å²) in [5.74, 6) is -4.67. The number of ether oxygens (including phenoxy) is 1. The zero-order valence-electron chi connectivity index (χ0n) is 9.64. The van der Waals surface area contributed by atoms with Crippen LogP contribution in [0.5, 0.6) is 0 Å². The smallest absolute Gasteiger partial charge is 0.330 e. The molecule has 1 saturated heterocycles. The second-order valence-corrected chi connectivity index (χ2v) is 4.62. The van der Waals surface area contributed by atoms with Gasteiger partial charge in [-0.1, -0.05) is 0 Å². The number of rotatable bonds is 1. The van der Waals surface area contributed by atoms with E-state index in [1.165, 1.54) is 0 Å². The molecule has 7 heteroatoms. The van der Waals surface area contributed by atoms with E-state index in [-0.39, 0.29) is 0 Å². The molecular formula is C9H16N2O5. The number of carbonyl (C=O) groups excluding carboxylic acids is 2. The number of aliphatic hydroxyl groups is 2. The second kappa shape index (κ2) is 3.69. The van der Waals surface area contributed by atoms with Crippen LogP contribution in [0.3, 0.4) is 0 Å². The average molecular weight is 232 g/mol. The third-order valence-electron chi connectivity index (χ3n) is 2.29. The van der Waals surface area contributed by atoms with Crippen molar-refractivity contribution in [3.05, 3.63) is 0 Å². The lowest BCUT2D eigenvalue weighted by molar-refractivity contribution is -0.194. The summed E-state index contributed by atoms with van der Waals surface area (Å²) in [6.07, 6.45) is 0. The SMILES string of the molecule is COC(=O)C1NN(C(C)(C)C)C(=O)C1(O)O. The van der Waals surface area contributed by atoms with Gasteiger partial charge in [-0.15, -0.1) is 0 Å². The molecule has 0 saturated carbocycles. The largest absolute Gasteiger partial charge is 0.468 e. The fraction of sp³-hybridized carbons (Fsp3) is 0.778. The van der Waals surface area contributed by atoms with Gasteiger partial charge in [-0.2, -0.15) is 0 Å². The molecule has 1 rings (SSSR count). The van der Waals surface area contributed by atoms with Crippen LogP contribution in [0.25, 0.3) is 0 Å². The fourth-order valence-corrected chi connectivity index (χ4v) is 1.40. The van der Waals surface area contributed by atoms with Crippen LogP contribution in [0.4, 0.5) is 0 Å². The van der Waals surface area contributed by atoms with Crippen molar-refractivity contribution in [3.63, 3.8) is 0 Å². The van der Waals surface area contributed by atoms with Gasteiger partial charge >= 0.3 is 5.97 Å². The highest BCUT2D eigenvalue weighted by Gasteiger charge is 2.58. The predicted molar refractivity (Wildman–Crippen MR) is 52.7 cm³/mol. The van der Waals surface area contributed by atoms with Crippen molar-refractivity contribution >= 4 is 11.9 Å². The number of methoxy groups -OCH3 is 1. The van der Waals surface area contributed by atoms with Crippen LogP contribution in [-0.4, -0.2) is 51.6 Å². The Bertz CT molecular complexity index is 320. The fourth-order valence-electron chi connectivity index (χ4n) is 1.40. The summed E-state index contributed by atoms with van der Waals surface area (Å²) in [5.41, 5.74) is 1.75. The Morgan fingerprint density at radius 3 is 2.31 bits per heavy atom. The minimum atomic E-state index is -2.78. The van der Waals surface area contributed by atoms with Crippen molar-refractivity contribution in [3.8, 4) is 0 Å². The van der Waals surface area contributed by atoms with Gasteiger partial charge in [0.1, 0.15) is 0 Å². The Balaban J connectivity index is 3.03. The van der Waals surface area contributed by atoms with E-state index in [4.69, 9.17) is 0 Å². The van der Waals surface area contributed by atoms with Crippen LogP contribution < -0.4 is 5.43 Å². The van der Waals surface area contributed by atoms with Crippen molar-refractivity contribution in [1.82, 2.24) is 10.4 Å². The van der Waals surface area contributed by atoms with E-state index in [0.717, 1.165) is 12.1 Å². The first-order valence-corrected chi connectivity index (χ1v) is 4.75. The summed E-state index contributed by atoms with van der Waals surface area (Å²) in [4.78, 5) is 22.9. The van der Waals surface area contributed by atoms with Crippen molar-refractivity contribution in [2.45, 2.75) is 38.1 Å². The third kappa shape index (κ3) is 1.89. The van der Waals surface area contributed by atoms with Crippen LogP contribution in [0.1, 0.15) is 20.8 Å². The summed E-state index contributed by atoms with van der Waals surface area (Å²) in [6, 6.07) is -1.51. The lowest BCUT2D eigenvalue weighted by atomic mass is 10.1. The van der Waals surface area contributed by atoms with Gasteiger partial charge in [0.15, 0.2) is 6.04 Å². The molecule has 0 spiro atoms. The predicted octanol–water partition coefficient (Wildman–Crippen LogP) is -1.65. The molecule has 16 heavy (non-hydrogen) atoms. The zero-order chi connectivity index (χ0) is 12.7. The molecule has 0 aromatic carbocycles. The van der Waals surface area contributed by atoms with Gasteiger partial charge in [-0.3, -0.25) is 14.6 Å². The van der Waals surface area contributed by atoms with Crippen LogP contribution >= 0.6 is 0 Å². The van der Waals surface area contributed by atoms with E-state index in [1.807, 2.05) is 0 Å². The molecule has 3 N–H and O–H groups in total. The van der Waals surface area contributed by atoms with Crippen molar-refractivity contribution in [2.24, 2.45) is 0 Å². The highest BCUT2D eigenvalue weighted by Crippen LogP contribution is 2.25. The molecule has 0 bridgehead atoms. The molecule has 0 aliphatic carbocycles. The van der Waals surface area contributed by atoms with Gasteiger partial charge in [0, 0.05) is 0 Å². The quantitative estimate of drug-likeness (QED) is 0.370. The maximum atomic E-state index is 11.7. The Morgan fingerprint density at radius 1 is 1.50 bits per heavy atom. The number of hydrogen-bond donors (Lipinski definition) is 3. The van der Waals surface area contributed by atoms with Gasteiger partial charge in [-0.05, 0) is 20.8 Å². The van der Waals surface area contributed by atoms with Crippen LogP contribution in [0.2, 0.25) is 0 Å². The van der Waals surface area contributed by atoms with E-state index < -0.39 is 29.2 Å². The maximum Gasteiger partial charge on any atom is 0.330 e. The lowest BCUT2D eigenvalue weighted by Crippen LogP contribution is -2.51. The van der Waals surface area contributed by atoms with Gasteiger partial charge < -0.3 is 14.9 Å². The summed E-state index contributed by atoms with van der Waals surface area (Å²) in [6.45, 7) is 5.06. The normalized spacial score (nSPS) is 24.8. The second-order valence-electron chi connectivity index (χ2n) is 4.62. The van der Waals surface area contributed by atoms with Crippen LogP contribution in [-0.2, 0) is 14.3 Å². The number of nitrogens with one attached hydrogen (secondary N) is 1. The molecule has 1 aliphatic rings.